The molecule has 6 heteroatoms. The van der Waals surface area contributed by atoms with E-state index >= 15 is 0 Å². The van der Waals surface area contributed by atoms with Gasteiger partial charge in [-0.1, -0.05) is 96.8 Å². The summed E-state index contributed by atoms with van der Waals surface area (Å²) >= 11 is 0. The molecule has 5 nitrogen and oxygen atoms in total. The maximum absolute atomic E-state index is 11.4. The van der Waals surface area contributed by atoms with Gasteiger partial charge in [0.25, 0.3) is 0 Å². The Labute approximate surface area is 161 Å². The maximum Gasteiger partial charge on any atom is 0.322 e. The Kier molecular flexibility index (Phi) is 17.4. The lowest BCUT2D eigenvalue weighted by molar-refractivity contribution is -0.133. The monoisotopic (exact) mass is 392 g/mol. The summed E-state index contributed by atoms with van der Waals surface area (Å²) in [5.74, 6) is -1.24. The van der Waals surface area contributed by atoms with E-state index in [2.05, 4.69) is 11.1 Å². The fraction of sp³-hybridized carbons (Fsp3) is 0.950. The first-order valence-electron chi connectivity index (χ1n) is 10.6. The van der Waals surface area contributed by atoms with Crippen molar-refractivity contribution in [3.8, 4) is 0 Å². The molecule has 0 atom stereocenters. The highest BCUT2D eigenvalue weighted by molar-refractivity contribution is 7.87. The predicted molar refractivity (Wildman–Crippen MR) is 107 cm³/mol. The van der Waals surface area contributed by atoms with Crippen LogP contribution in [0, 0.1) is 0 Å². The van der Waals surface area contributed by atoms with Gasteiger partial charge in [0.05, 0.1) is 6.61 Å². The summed E-state index contributed by atoms with van der Waals surface area (Å²) in [7, 11) is -3.90. The normalized spacial score (nSPS) is 11.6. The van der Waals surface area contributed by atoms with E-state index in [0.29, 0.717) is 6.42 Å². The lowest BCUT2D eigenvalue weighted by Gasteiger charge is -2.05. The van der Waals surface area contributed by atoms with Crippen LogP contribution in [0.15, 0.2) is 0 Å². The van der Waals surface area contributed by atoms with E-state index < -0.39 is 28.4 Å². The Hall–Kier alpha value is -0.620. The van der Waals surface area contributed by atoms with E-state index in [1.807, 2.05) is 0 Å². The Morgan fingerprint density at radius 2 is 1.12 bits per heavy atom. The second-order valence-corrected chi connectivity index (χ2v) is 8.83. The number of aliphatic hydroxyl groups excluding tert-OH is 1. The van der Waals surface area contributed by atoms with E-state index in [4.69, 9.17) is 5.11 Å². The summed E-state index contributed by atoms with van der Waals surface area (Å²) in [6.45, 7) is 1.72. The first kappa shape index (κ1) is 25.4. The summed E-state index contributed by atoms with van der Waals surface area (Å²) in [5, 5.41) is 8.56. The lowest BCUT2D eigenvalue weighted by Crippen LogP contribution is -2.17. The molecule has 0 aromatic carbocycles. The van der Waals surface area contributed by atoms with Gasteiger partial charge in [-0.05, 0) is 6.42 Å². The number of aliphatic hydroxyl groups is 1. The molecule has 0 spiro atoms. The maximum atomic E-state index is 11.4. The number of unbranched alkanes of at least 4 members (excludes halogenated alkanes) is 14. The van der Waals surface area contributed by atoms with Crippen LogP contribution in [0.1, 0.15) is 110 Å². The third-order valence-corrected chi connectivity index (χ3v) is 5.67. The van der Waals surface area contributed by atoms with Crippen LogP contribution in [0.4, 0.5) is 0 Å². The van der Waals surface area contributed by atoms with Crippen molar-refractivity contribution in [1.29, 1.82) is 0 Å². The summed E-state index contributed by atoms with van der Waals surface area (Å²) < 4.78 is 26.8. The quantitative estimate of drug-likeness (QED) is 0.244. The molecule has 0 unspecified atom stereocenters. The van der Waals surface area contributed by atoms with E-state index in [1.54, 1.807) is 0 Å². The third kappa shape index (κ3) is 18.2. The first-order chi connectivity index (χ1) is 12.5. The van der Waals surface area contributed by atoms with Gasteiger partial charge in [-0.2, -0.15) is 8.42 Å². The molecule has 156 valence electrons. The average Bonchev–Trinajstić information content (AvgIpc) is 2.57. The molecule has 0 aromatic heterocycles. The third-order valence-electron chi connectivity index (χ3n) is 4.55. The summed E-state index contributed by atoms with van der Waals surface area (Å²) in [5.41, 5.74) is 0. The molecule has 0 radical (unpaired) electrons. The molecule has 1 N–H and O–H groups in total. The second kappa shape index (κ2) is 17.8. The largest absolute Gasteiger partial charge is 0.395 e. The molecule has 0 saturated heterocycles. The van der Waals surface area contributed by atoms with Crippen LogP contribution >= 0.6 is 0 Å². The molecule has 0 aromatic rings. The second-order valence-electron chi connectivity index (χ2n) is 7.14. The van der Waals surface area contributed by atoms with Gasteiger partial charge < -0.3 is 9.29 Å². The molecule has 0 heterocycles. The van der Waals surface area contributed by atoms with Crippen LogP contribution in [0.5, 0.6) is 0 Å². The molecule has 0 aliphatic heterocycles. The van der Waals surface area contributed by atoms with Crippen molar-refractivity contribution < 1.29 is 22.5 Å². The molecule has 0 saturated carbocycles. The van der Waals surface area contributed by atoms with Crippen LogP contribution in [-0.4, -0.2) is 31.9 Å². The van der Waals surface area contributed by atoms with Gasteiger partial charge in [0, 0.05) is 6.42 Å². The standard InChI is InChI=1S/C20H40O5S/c1-2-3-4-5-6-7-8-9-10-11-12-13-14-15-16-17-20(22)25-26(23,24)19-18-21/h21H,2-19H2,1H3. The number of hydrogen-bond donors (Lipinski definition) is 1. The number of rotatable bonds is 19. The van der Waals surface area contributed by atoms with Crippen molar-refractivity contribution >= 4 is 16.1 Å². The van der Waals surface area contributed by atoms with Gasteiger partial charge in [-0.15, -0.1) is 0 Å². The zero-order valence-electron chi connectivity index (χ0n) is 16.7. The molecule has 0 amide bonds. The van der Waals surface area contributed by atoms with Crippen LogP contribution in [0.3, 0.4) is 0 Å². The summed E-state index contributed by atoms with van der Waals surface area (Å²) in [6.07, 6.45) is 18.8. The van der Waals surface area contributed by atoms with E-state index in [0.717, 1.165) is 12.8 Å². The fourth-order valence-corrected chi connectivity index (χ4v) is 3.65. The summed E-state index contributed by atoms with van der Waals surface area (Å²) in [6, 6.07) is 0. The zero-order valence-corrected chi connectivity index (χ0v) is 17.5. The predicted octanol–water partition coefficient (Wildman–Crippen LogP) is 5.11. The van der Waals surface area contributed by atoms with Crippen LogP contribution < -0.4 is 0 Å². The van der Waals surface area contributed by atoms with Crippen molar-refractivity contribution in [2.75, 3.05) is 12.4 Å². The van der Waals surface area contributed by atoms with E-state index in [1.165, 1.54) is 77.0 Å². The van der Waals surface area contributed by atoms with Gasteiger partial charge in [0.15, 0.2) is 0 Å². The Bertz CT molecular complexity index is 420. The Balaban J connectivity index is 3.28. The number of carbonyl (C=O) groups is 1. The molecule has 0 aliphatic carbocycles. The van der Waals surface area contributed by atoms with Gasteiger partial charge >= 0.3 is 16.1 Å². The van der Waals surface area contributed by atoms with Crippen LogP contribution in [0.2, 0.25) is 0 Å². The van der Waals surface area contributed by atoms with Crippen molar-refractivity contribution in [2.24, 2.45) is 0 Å². The van der Waals surface area contributed by atoms with Gasteiger partial charge in [-0.25, -0.2) is 0 Å². The Morgan fingerprint density at radius 1 is 0.731 bits per heavy atom. The highest BCUT2D eigenvalue weighted by Gasteiger charge is 2.15. The molecule has 0 bridgehead atoms. The minimum Gasteiger partial charge on any atom is -0.395 e. The highest BCUT2D eigenvalue weighted by Crippen LogP contribution is 2.14. The molecular weight excluding hydrogens is 352 g/mol. The van der Waals surface area contributed by atoms with Crippen molar-refractivity contribution in [3.63, 3.8) is 0 Å². The zero-order chi connectivity index (χ0) is 19.5. The van der Waals surface area contributed by atoms with Crippen LogP contribution in [-0.2, 0) is 19.1 Å². The van der Waals surface area contributed by atoms with E-state index in [9.17, 15) is 13.2 Å². The SMILES string of the molecule is CCCCCCCCCCCCCCCCCC(=O)OS(=O)(=O)CCO. The minimum absolute atomic E-state index is 0.128. The molecule has 0 aliphatic rings. The minimum atomic E-state index is -3.90. The molecule has 26 heavy (non-hydrogen) atoms. The molecule has 0 fully saturated rings. The molecular formula is C20H40O5S. The highest BCUT2D eigenvalue weighted by atomic mass is 32.2. The summed E-state index contributed by atoms with van der Waals surface area (Å²) in [4.78, 5) is 11.4. The van der Waals surface area contributed by atoms with Gasteiger partial charge in [0.1, 0.15) is 5.75 Å². The fourth-order valence-electron chi connectivity index (χ4n) is 2.98. The lowest BCUT2D eigenvalue weighted by atomic mass is 10.0. The smallest absolute Gasteiger partial charge is 0.322 e. The van der Waals surface area contributed by atoms with Gasteiger partial charge in [-0.3, -0.25) is 4.79 Å². The number of carbonyl (C=O) groups excluding carboxylic acids is 1. The van der Waals surface area contributed by atoms with Gasteiger partial charge in [0.2, 0.25) is 0 Å². The first-order valence-corrected chi connectivity index (χ1v) is 12.2. The van der Waals surface area contributed by atoms with Crippen molar-refractivity contribution in [3.05, 3.63) is 0 Å². The Morgan fingerprint density at radius 3 is 1.50 bits per heavy atom. The van der Waals surface area contributed by atoms with Crippen molar-refractivity contribution in [2.45, 2.75) is 110 Å². The van der Waals surface area contributed by atoms with E-state index in [-0.39, 0.29) is 6.42 Å². The van der Waals surface area contributed by atoms with Crippen molar-refractivity contribution in [1.82, 2.24) is 0 Å². The number of hydrogen-bond acceptors (Lipinski definition) is 5. The topological polar surface area (TPSA) is 80.7 Å². The molecule has 0 rings (SSSR count). The van der Waals surface area contributed by atoms with Crippen LogP contribution in [0.25, 0.3) is 0 Å². The average molecular weight is 393 g/mol.